The third-order valence-corrected chi connectivity index (χ3v) is 6.50. The molecule has 0 saturated heterocycles. The van der Waals surface area contributed by atoms with E-state index in [9.17, 15) is 18.2 Å². The molecule has 0 aliphatic heterocycles. The van der Waals surface area contributed by atoms with Gasteiger partial charge in [0.25, 0.3) is 11.1 Å². The Morgan fingerprint density at radius 3 is 2.57 bits per heavy atom. The van der Waals surface area contributed by atoms with Crippen molar-refractivity contribution in [2.45, 2.75) is 32.7 Å². The standard InChI is InChI=1S/C25H22FN5O3S/c1-13-7-10-19(18(26)11-13)27-21-14(2)24(32)30(3)23-20(21)25(33)31(17-8-9-17)28-22(23)15-5-4-6-16(12-15)29-35-34/h4-7,10-12,17,27H,8-9H2,1-3H3. The van der Waals surface area contributed by atoms with Crippen LogP contribution in [-0.4, -0.2) is 18.6 Å². The number of rotatable bonds is 5. The van der Waals surface area contributed by atoms with E-state index in [0.717, 1.165) is 18.4 Å². The molecule has 0 radical (unpaired) electrons. The molecule has 1 aliphatic carbocycles. The summed E-state index contributed by atoms with van der Waals surface area (Å²) < 4.78 is 32.4. The Morgan fingerprint density at radius 2 is 1.89 bits per heavy atom. The number of hydrogen-bond donors (Lipinski definition) is 1. The molecule has 2 heterocycles. The van der Waals surface area contributed by atoms with Gasteiger partial charge in [0.15, 0.2) is 0 Å². The first kappa shape index (κ1) is 22.9. The van der Waals surface area contributed by atoms with Crippen molar-refractivity contribution in [2.24, 2.45) is 11.4 Å². The molecule has 35 heavy (non-hydrogen) atoms. The van der Waals surface area contributed by atoms with Crippen LogP contribution in [0.15, 0.2) is 56.4 Å². The number of anilines is 2. The predicted octanol–water partition coefficient (Wildman–Crippen LogP) is 4.62. The van der Waals surface area contributed by atoms with E-state index in [4.69, 9.17) is 0 Å². The summed E-state index contributed by atoms with van der Waals surface area (Å²) in [4.78, 5) is 27.0. The Morgan fingerprint density at radius 1 is 1.11 bits per heavy atom. The molecule has 1 N–H and O–H groups in total. The molecule has 0 bridgehead atoms. The first-order chi connectivity index (χ1) is 16.8. The zero-order valence-electron chi connectivity index (χ0n) is 19.3. The molecule has 1 saturated carbocycles. The van der Waals surface area contributed by atoms with E-state index >= 15 is 0 Å². The maximum absolute atomic E-state index is 14.7. The smallest absolute Gasteiger partial charge is 0.278 e. The van der Waals surface area contributed by atoms with Crippen LogP contribution in [0.3, 0.4) is 0 Å². The van der Waals surface area contributed by atoms with Crippen molar-refractivity contribution in [1.82, 2.24) is 14.3 Å². The summed E-state index contributed by atoms with van der Waals surface area (Å²) in [7, 11) is 1.59. The Bertz CT molecular complexity index is 1680. The van der Waals surface area contributed by atoms with Crippen LogP contribution in [0.2, 0.25) is 0 Å². The summed E-state index contributed by atoms with van der Waals surface area (Å²) in [5, 5.41) is 7.93. The molecule has 1 fully saturated rings. The van der Waals surface area contributed by atoms with Crippen LogP contribution in [0.1, 0.15) is 30.0 Å². The van der Waals surface area contributed by atoms with E-state index in [2.05, 4.69) is 14.8 Å². The van der Waals surface area contributed by atoms with E-state index in [1.54, 1.807) is 57.3 Å². The molecule has 0 spiro atoms. The highest BCUT2D eigenvalue weighted by Gasteiger charge is 2.30. The van der Waals surface area contributed by atoms with Crippen LogP contribution in [-0.2, 0) is 18.5 Å². The molecule has 178 valence electrons. The van der Waals surface area contributed by atoms with Crippen molar-refractivity contribution in [1.29, 1.82) is 0 Å². The van der Waals surface area contributed by atoms with Crippen molar-refractivity contribution in [3.63, 3.8) is 0 Å². The summed E-state index contributed by atoms with van der Waals surface area (Å²) in [6.45, 7) is 3.39. The van der Waals surface area contributed by atoms with Gasteiger partial charge in [0.1, 0.15) is 11.5 Å². The highest BCUT2D eigenvalue weighted by molar-refractivity contribution is 7.54. The van der Waals surface area contributed by atoms with Crippen molar-refractivity contribution < 1.29 is 8.60 Å². The zero-order valence-corrected chi connectivity index (χ0v) is 20.1. The summed E-state index contributed by atoms with van der Waals surface area (Å²) in [5.41, 5.74) is 2.56. The number of nitrogens with one attached hydrogen (secondary N) is 1. The number of pyridine rings is 1. The van der Waals surface area contributed by atoms with E-state index in [0.29, 0.717) is 28.0 Å². The fourth-order valence-corrected chi connectivity index (χ4v) is 4.46. The fourth-order valence-electron chi connectivity index (χ4n) is 4.26. The van der Waals surface area contributed by atoms with E-state index in [1.165, 1.54) is 15.3 Å². The number of fused-ring (bicyclic) bond motifs is 1. The van der Waals surface area contributed by atoms with E-state index in [1.807, 2.05) is 0 Å². The molecule has 4 aromatic rings. The van der Waals surface area contributed by atoms with Crippen LogP contribution in [0.25, 0.3) is 22.2 Å². The molecule has 1 aliphatic rings. The molecule has 0 amide bonds. The molecule has 0 unspecified atom stereocenters. The first-order valence-electron chi connectivity index (χ1n) is 11.1. The lowest BCUT2D eigenvalue weighted by Gasteiger charge is -2.19. The van der Waals surface area contributed by atoms with Gasteiger partial charge in [-0.25, -0.2) is 9.07 Å². The Balaban J connectivity index is 1.88. The topological polar surface area (TPSA) is 98.3 Å². The number of aryl methyl sites for hydroxylation is 2. The summed E-state index contributed by atoms with van der Waals surface area (Å²) in [5.74, 6) is -0.487. The van der Waals surface area contributed by atoms with E-state index in [-0.39, 0.29) is 45.4 Å². The van der Waals surface area contributed by atoms with Crippen molar-refractivity contribution in [3.8, 4) is 11.3 Å². The second-order valence-corrected chi connectivity index (χ2v) is 9.07. The van der Waals surface area contributed by atoms with Crippen molar-refractivity contribution in [3.05, 3.63) is 80.1 Å². The number of halogens is 1. The quantitative estimate of drug-likeness (QED) is 0.439. The maximum atomic E-state index is 14.7. The minimum atomic E-state index is -0.487. The predicted molar refractivity (Wildman–Crippen MR) is 134 cm³/mol. The molecule has 2 aromatic carbocycles. The minimum Gasteiger partial charge on any atom is -0.352 e. The second kappa shape index (κ2) is 8.70. The summed E-state index contributed by atoms with van der Waals surface area (Å²) >= 11 is 0.0949. The Kier molecular flexibility index (Phi) is 5.68. The van der Waals surface area contributed by atoms with Gasteiger partial charge in [-0.1, -0.05) is 18.2 Å². The summed E-state index contributed by atoms with van der Waals surface area (Å²) in [6.07, 6.45) is 1.64. The SMILES string of the molecule is Cc1ccc(Nc2c(C)c(=O)n(C)c3c(-c4cccc(N=S=O)c4)nn(C4CC4)c(=O)c23)c(F)c1. The Labute approximate surface area is 203 Å². The fraction of sp³-hybridized carbons (Fsp3) is 0.240. The van der Waals surface area contributed by atoms with Gasteiger partial charge in [0.05, 0.1) is 34.0 Å². The molecule has 0 atom stereocenters. The highest BCUT2D eigenvalue weighted by atomic mass is 32.1. The third kappa shape index (κ3) is 3.99. The van der Waals surface area contributed by atoms with Crippen LogP contribution in [0.5, 0.6) is 0 Å². The number of hydrogen-bond acceptors (Lipinski definition) is 6. The van der Waals surface area contributed by atoms with Gasteiger partial charge in [0, 0.05) is 18.2 Å². The number of aromatic nitrogens is 3. The van der Waals surface area contributed by atoms with Crippen LogP contribution in [0, 0.1) is 19.7 Å². The van der Waals surface area contributed by atoms with Gasteiger partial charge in [0.2, 0.25) is 11.5 Å². The van der Waals surface area contributed by atoms with Crippen LogP contribution >= 0.6 is 0 Å². The van der Waals surface area contributed by atoms with Crippen molar-refractivity contribution in [2.75, 3.05) is 5.32 Å². The van der Waals surface area contributed by atoms with Gasteiger partial charge in [-0.05, 0) is 56.5 Å². The maximum Gasteiger partial charge on any atom is 0.278 e. The molecule has 8 nitrogen and oxygen atoms in total. The van der Waals surface area contributed by atoms with Gasteiger partial charge in [-0.2, -0.15) is 13.7 Å². The lowest BCUT2D eigenvalue weighted by atomic mass is 10.0. The normalized spacial score (nSPS) is 13.1. The van der Waals surface area contributed by atoms with Crippen LogP contribution < -0.4 is 16.4 Å². The average Bonchev–Trinajstić information content (AvgIpc) is 3.67. The van der Waals surface area contributed by atoms with Crippen molar-refractivity contribution >= 4 is 39.4 Å². The molecule has 10 heteroatoms. The lowest BCUT2D eigenvalue weighted by Crippen LogP contribution is -2.29. The number of benzene rings is 2. The largest absolute Gasteiger partial charge is 0.352 e. The monoisotopic (exact) mass is 491 g/mol. The molecule has 2 aromatic heterocycles. The van der Waals surface area contributed by atoms with Gasteiger partial charge in [-0.15, -0.1) is 0 Å². The molecular formula is C25H22FN5O3S. The lowest BCUT2D eigenvalue weighted by molar-refractivity contribution is 0.607. The molecular weight excluding hydrogens is 469 g/mol. The average molecular weight is 492 g/mol. The van der Waals surface area contributed by atoms with E-state index < -0.39 is 5.82 Å². The number of nitrogens with zero attached hydrogens (tertiary/aromatic N) is 4. The summed E-state index contributed by atoms with van der Waals surface area (Å²) in [6, 6.07) is 11.6. The Hall–Kier alpha value is -3.92. The first-order valence-corrected chi connectivity index (χ1v) is 11.8. The van der Waals surface area contributed by atoms with Gasteiger partial charge >= 0.3 is 0 Å². The van der Waals surface area contributed by atoms with Gasteiger partial charge in [-0.3, -0.25) is 9.59 Å². The third-order valence-electron chi connectivity index (χ3n) is 6.22. The van der Waals surface area contributed by atoms with Crippen LogP contribution in [0.4, 0.5) is 21.5 Å². The molecule has 5 rings (SSSR count). The second-order valence-electron chi connectivity index (χ2n) is 8.74. The zero-order chi connectivity index (χ0) is 24.9. The minimum absolute atomic E-state index is 0.0442. The van der Waals surface area contributed by atoms with Gasteiger partial charge < -0.3 is 9.88 Å². The highest BCUT2D eigenvalue weighted by Crippen LogP contribution is 2.37.